The molecule has 3 rings (SSSR count). The molecule has 3 nitrogen and oxygen atoms in total. The lowest BCUT2D eigenvalue weighted by molar-refractivity contribution is -0.0175. The Morgan fingerprint density at radius 2 is 1.68 bits per heavy atom. The summed E-state index contributed by atoms with van der Waals surface area (Å²) >= 11 is 0. The van der Waals surface area contributed by atoms with Gasteiger partial charge in [0, 0.05) is 37.3 Å². The van der Waals surface area contributed by atoms with Crippen molar-refractivity contribution in [3.05, 3.63) is 0 Å². The van der Waals surface area contributed by atoms with Crippen LogP contribution in [0.25, 0.3) is 0 Å². The summed E-state index contributed by atoms with van der Waals surface area (Å²) in [7, 11) is 2.12. The van der Waals surface area contributed by atoms with Gasteiger partial charge in [-0.15, -0.1) is 0 Å². The first-order chi connectivity index (χ1) is 9.28. The van der Waals surface area contributed by atoms with Crippen LogP contribution < -0.4 is 5.32 Å². The van der Waals surface area contributed by atoms with E-state index in [4.69, 9.17) is 0 Å². The SMILES string of the molecule is CNC1CCC(N2CC3CCCCN3CC2C)CC1. The second kappa shape index (κ2) is 6.11. The molecule has 1 N–H and O–H groups in total. The molecule has 2 heterocycles. The third-order valence-corrected chi connectivity index (χ3v) is 5.81. The van der Waals surface area contributed by atoms with Gasteiger partial charge in [0.05, 0.1) is 0 Å². The number of piperazine rings is 1. The van der Waals surface area contributed by atoms with Crippen LogP contribution in [0, 0.1) is 0 Å². The van der Waals surface area contributed by atoms with Gasteiger partial charge in [0.15, 0.2) is 0 Å². The van der Waals surface area contributed by atoms with E-state index in [9.17, 15) is 0 Å². The summed E-state index contributed by atoms with van der Waals surface area (Å²) in [4.78, 5) is 5.63. The molecule has 0 aromatic rings. The van der Waals surface area contributed by atoms with E-state index in [0.29, 0.717) is 0 Å². The quantitative estimate of drug-likeness (QED) is 0.825. The smallest absolute Gasteiger partial charge is 0.0224 e. The molecule has 3 fully saturated rings. The average Bonchev–Trinajstić information content (AvgIpc) is 2.47. The molecule has 3 heteroatoms. The normalized spacial score (nSPS) is 42.0. The number of rotatable bonds is 2. The molecule has 1 aliphatic carbocycles. The van der Waals surface area contributed by atoms with E-state index in [1.54, 1.807) is 0 Å². The predicted molar refractivity (Wildman–Crippen MR) is 80.5 cm³/mol. The molecule has 2 saturated heterocycles. The van der Waals surface area contributed by atoms with Gasteiger partial charge in [0.25, 0.3) is 0 Å². The highest BCUT2D eigenvalue weighted by molar-refractivity contribution is 4.93. The minimum Gasteiger partial charge on any atom is -0.317 e. The number of nitrogens with zero attached hydrogens (tertiary/aromatic N) is 2. The van der Waals surface area contributed by atoms with Gasteiger partial charge in [-0.25, -0.2) is 0 Å². The fourth-order valence-electron chi connectivity index (χ4n) is 4.58. The minimum absolute atomic E-state index is 0.769. The van der Waals surface area contributed by atoms with Crippen molar-refractivity contribution in [1.29, 1.82) is 0 Å². The topological polar surface area (TPSA) is 18.5 Å². The van der Waals surface area contributed by atoms with Crippen molar-refractivity contribution in [2.75, 3.05) is 26.7 Å². The van der Waals surface area contributed by atoms with Crippen molar-refractivity contribution < 1.29 is 0 Å². The zero-order chi connectivity index (χ0) is 13.2. The summed E-state index contributed by atoms with van der Waals surface area (Å²) in [6.07, 6.45) is 9.88. The molecule has 0 radical (unpaired) electrons. The first-order valence-corrected chi connectivity index (χ1v) is 8.45. The first kappa shape index (κ1) is 13.8. The second-order valence-electron chi connectivity index (χ2n) is 6.98. The summed E-state index contributed by atoms with van der Waals surface area (Å²) in [5.41, 5.74) is 0. The van der Waals surface area contributed by atoms with Crippen molar-refractivity contribution in [3.63, 3.8) is 0 Å². The molecule has 0 bridgehead atoms. The first-order valence-electron chi connectivity index (χ1n) is 8.45. The van der Waals surface area contributed by atoms with E-state index < -0.39 is 0 Å². The Kier molecular flexibility index (Phi) is 4.45. The van der Waals surface area contributed by atoms with E-state index in [2.05, 4.69) is 29.1 Å². The maximum atomic E-state index is 3.46. The van der Waals surface area contributed by atoms with Crippen LogP contribution in [0.3, 0.4) is 0 Å². The van der Waals surface area contributed by atoms with Crippen LogP contribution in [0.2, 0.25) is 0 Å². The number of piperidine rings is 1. The Labute approximate surface area is 118 Å². The Balaban J connectivity index is 1.58. The van der Waals surface area contributed by atoms with Crippen LogP contribution in [0.15, 0.2) is 0 Å². The fraction of sp³-hybridized carbons (Fsp3) is 1.00. The molecule has 2 atom stereocenters. The maximum Gasteiger partial charge on any atom is 0.0224 e. The van der Waals surface area contributed by atoms with Gasteiger partial charge in [0.2, 0.25) is 0 Å². The van der Waals surface area contributed by atoms with Gasteiger partial charge in [-0.1, -0.05) is 6.42 Å². The molecule has 0 spiro atoms. The number of fused-ring (bicyclic) bond motifs is 1. The van der Waals surface area contributed by atoms with Crippen molar-refractivity contribution in [3.8, 4) is 0 Å². The van der Waals surface area contributed by atoms with Gasteiger partial charge >= 0.3 is 0 Å². The minimum atomic E-state index is 0.769. The van der Waals surface area contributed by atoms with Crippen LogP contribution in [-0.2, 0) is 0 Å². The summed E-state index contributed by atoms with van der Waals surface area (Å²) in [6.45, 7) is 6.47. The zero-order valence-electron chi connectivity index (χ0n) is 12.8. The Bertz CT molecular complexity index is 286. The van der Waals surface area contributed by atoms with Crippen molar-refractivity contribution in [1.82, 2.24) is 15.1 Å². The summed E-state index contributed by atoms with van der Waals surface area (Å²) in [5, 5.41) is 3.46. The van der Waals surface area contributed by atoms with E-state index in [1.807, 2.05) is 0 Å². The Morgan fingerprint density at radius 3 is 2.42 bits per heavy atom. The second-order valence-corrected chi connectivity index (χ2v) is 6.98. The third kappa shape index (κ3) is 2.98. The highest BCUT2D eigenvalue weighted by atomic mass is 15.3. The largest absolute Gasteiger partial charge is 0.317 e. The molecular formula is C16H31N3. The van der Waals surface area contributed by atoms with Crippen LogP contribution in [0.1, 0.15) is 51.9 Å². The number of hydrogen-bond acceptors (Lipinski definition) is 3. The van der Waals surface area contributed by atoms with Gasteiger partial charge in [-0.3, -0.25) is 9.80 Å². The van der Waals surface area contributed by atoms with Crippen LogP contribution >= 0.6 is 0 Å². The van der Waals surface area contributed by atoms with Crippen molar-refractivity contribution >= 4 is 0 Å². The number of hydrogen-bond donors (Lipinski definition) is 1. The van der Waals surface area contributed by atoms with E-state index in [0.717, 1.165) is 24.2 Å². The zero-order valence-corrected chi connectivity index (χ0v) is 12.8. The highest BCUT2D eigenvalue weighted by Crippen LogP contribution is 2.30. The molecule has 1 saturated carbocycles. The lowest BCUT2D eigenvalue weighted by Gasteiger charge is -2.51. The Hall–Kier alpha value is -0.120. The summed E-state index contributed by atoms with van der Waals surface area (Å²) < 4.78 is 0. The molecule has 0 aromatic carbocycles. The van der Waals surface area contributed by atoms with E-state index >= 15 is 0 Å². The molecule has 2 unspecified atom stereocenters. The molecule has 19 heavy (non-hydrogen) atoms. The summed E-state index contributed by atoms with van der Waals surface area (Å²) in [5.74, 6) is 0. The highest BCUT2D eigenvalue weighted by Gasteiger charge is 2.37. The van der Waals surface area contributed by atoms with Crippen LogP contribution in [0.4, 0.5) is 0 Å². The van der Waals surface area contributed by atoms with Crippen molar-refractivity contribution in [2.45, 2.75) is 76.0 Å². The Morgan fingerprint density at radius 1 is 0.895 bits per heavy atom. The predicted octanol–water partition coefficient (Wildman–Crippen LogP) is 2.08. The molecule has 0 amide bonds. The lowest BCUT2D eigenvalue weighted by Crippen LogP contribution is -2.61. The molecule has 0 aromatic heterocycles. The fourth-order valence-corrected chi connectivity index (χ4v) is 4.58. The molecule has 110 valence electrons. The van der Waals surface area contributed by atoms with E-state index in [1.165, 1.54) is 64.6 Å². The van der Waals surface area contributed by atoms with Crippen LogP contribution in [0.5, 0.6) is 0 Å². The van der Waals surface area contributed by atoms with Crippen LogP contribution in [-0.4, -0.2) is 60.6 Å². The van der Waals surface area contributed by atoms with E-state index in [-0.39, 0.29) is 0 Å². The summed E-state index contributed by atoms with van der Waals surface area (Å²) in [6, 6.07) is 3.28. The molecule has 3 aliphatic rings. The van der Waals surface area contributed by atoms with Gasteiger partial charge in [-0.05, 0) is 59.0 Å². The van der Waals surface area contributed by atoms with Gasteiger partial charge < -0.3 is 5.32 Å². The van der Waals surface area contributed by atoms with Gasteiger partial charge in [0.1, 0.15) is 0 Å². The number of nitrogens with one attached hydrogen (secondary N) is 1. The van der Waals surface area contributed by atoms with Crippen molar-refractivity contribution in [2.24, 2.45) is 0 Å². The lowest BCUT2D eigenvalue weighted by atomic mass is 9.87. The maximum absolute atomic E-state index is 3.46. The molecule has 2 aliphatic heterocycles. The monoisotopic (exact) mass is 265 g/mol. The van der Waals surface area contributed by atoms with Gasteiger partial charge in [-0.2, -0.15) is 0 Å². The average molecular weight is 265 g/mol. The third-order valence-electron chi connectivity index (χ3n) is 5.81. The molecular weight excluding hydrogens is 234 g/mol. The standard InChI is InChI=1S/C16H31N3/c1-13-11-18-10-4-3-5-16(18)12-19(13)15-8-6-14(17-2)7-9-15/h13-17H,3-12H2,1-2H3.